The molecule has 0 saturated carbocycles. The number of anilines is 1. The second-order valence-corrected chi connectivity index (χ2v) is 6.19. The number of amides is 3. The molecule has 1 aromatic rings. The molecule has 0 aliphatic heterocycles. The van der Waals surface area contributed by atoms with Crippen molar-refractivity contribution in [2.45, 2.75) is 40.2 Å². The second-order valence-electron chi connectivity index (χ2n) is 6.19. The van der Waals surface area contributed by atoms with Gasteiger partial charge in [-0.15, -0.1) is 0 Å². The van der Waals surface area contributed by atoms with Crippen LogP contribution in [0.2, 0.25) is 0 Å². The first-order valence-corrected chi connectivity index (χ1v) is 7.83. The number of rotatable bonds is 7. The van der Waals surface area contributed by atoms with Crippen molar-refractivity contribution in [3.05, 3.63) is 29.3 Å². The lowest BCUT2D eigenvalue weighted by Crippen LogP contribution is -2.46. The number of carbonyl (C=O) groups excluding carboxylic acids is 2. The van der Waals surface area contributed by atoms with Crippen molar-refractivity contribution >= 4 is 23.6 Å². The molecule has 0 heterocycles. The van der Waals surface area contributed by atoms with Crippen LogP contribution in [0, 0.1) is 19.8 Å². The fraction of sp³-hybridized carbons (Fsp3) is 0.471. The summed E-state index contributed by atoms with van der Waals surface area (Å²) in [6.45, 7) is 7.36. The highest BCUT2D eigenvalue weighted by Gasteiger charge is 2.21. The van der Waals surface area contributed by atoms with Crippen LogP contribution < -0.4 is 16.0 Å². The van der Waals surface area contributed by atoms with Crippen molar-refractivity contribution in [3.63, 3.8) is 0 Å². The van der Waals surface area contributed by atoms with Crippen molar-refractivity contribution in [1.82, 2.24) is 10.6 Å². The van der Waals surface area contributed by atoms with Crippen LogP contribution in [-0.2, 0) is 9.59 Å². The normalized spacial score (nSPS) is 11.7. The summed E-state index contributed by atoms with van der Waals surface area (Å²) in [5.41, 5.74) is 2.79. The molecule has 0 aliphatic carbocycles. The molecule has 0 radical (unpaired) electrons. The van der Waals surface area contributed by atoms with Crippen LogP contribution in [0.5, 0.6) is 0 Å². The summed E-state index contributed by atoms with van der Waals surface area (Å²) < 4.78 is 0. The molecule has 0 spiro atoms. The van der Waals surface area contributed by atoms with E-state index in [4.69, 9.17) is 5.11 Å². The SMILES string of the molecule is Cc1ccc(NC(=O)NCC(=O)NC(CC(C)C)C(=O)O)cc1C. The standard InChI is InChI=1S/C17H25N3O4/c1-10(2)7-14(16(22)23)20-15(21)9-18-17(24)19-13-6-5-11(3)12(4)8-13/h5-6,8,10,14H,7,9H2,1-4H3,(H,20,21)(H,22,23)(H2,18,19,24). The number of carbonyl (C=O) groups is 3. The zero-order chi connectivity index (χ0) is 18.3. The first kappa shape index (κ1) is 19.5. The Morgan fingerprint density at radius 3 is 2.33 bits per heavy atom. The van der Waals surface area contributed by atoms with Crippen molar-refractivity contribution < 1.29 is 19.5 Å². The van der Waals surface area contributed by atoms with E-state index in [1.54, 1.807) is 6.07 Å². The van der Waals surface area contributed by atoms with E-state index in [-0.39, 0.29) is 12.5 Å². The Kier molecular flexibility index (Phi) is 7.23. The summed E-state index contributed by atoms with van der Waals surface area (Å²) in [5.74, 6) is -1.50. The fourth-order valence-electron chi connectivity index (χ4n) is 2.09. The second kappa shape index (κ2) is 8.90. The van der Waals surface area contributed by atoms with Gasteiger partial charge < -0.3 is 21.1 Å². The van der Waals surface area contributed by atoms with Gasteiger partial charge in [0, 0.05) is 5.69 Å². The van der Waals surface area contributed by atoms with Crippen LogP contribution >= 0.6 is 0 Å². The summed E-state index contributed by atoms with van der Waals surface area (Å²) >= 11 is 0. The smallest absolute Gasteiger partial charge is 0.326 e. The Morgan fingerprint density at radius 1 is 1.12 bits per heavy atom. The molecular formula is C17H25N3O4. The molecule has 0 saturated heterocycles. The minimum absolute atomic E-state index is 0.132. The molecule has 7 nitrogen and oxygen atoms in total. The molecule has 24 heavy (non-hydrogen) atoms. The monoisotopic (exact) mass is 335 g/mol. The van der Waals surface area contributed by atoms with E-state index in [1.807, 2.05) is 39.8 Å². The Bertz CT molecular complexity index is 614. The van der Waals surface area contributed by atoms with Gasteiger partial charge in [-0.3, -0.25) is 4.79 Å². The zero-order valence-electron chi connectivity index (χ0n) is 14.5. The predicted molar refractivity (Wildman–Crippen MR) is 92.0 cm³/mol. The third-order valence-corrected chi connectivity index (χ3v) is 3.51. The van der Waals surface area contributed by atoms with Gasteiger partial charge in [-0.1, -0.05) is 19.9 Å². The van der Waals surface area contributed by atoms with E-state index >= 15 is 0 Å². The van der Waals surface area contributed by atoms with Gasteiger partial charge in [0.2, 0.25) is 5.91 Å². The molecule has 0 aromatic heterocycles. The molecule has 0 bridgehead atoms. The lowest BCUT2D eigenvalue weighted by molar-refractivity contribution is -0.142. The summed E-state index contributed by atoms with van der Waals surface area (Å²) in [6.07, 6.45) is 0.329. The maximum Gasteiger partial charge on any atom is 0.326 e. The number of hydrogen-bond acceptors (Lipinski definition) is 3. The lowest BCUT2D eigenvalue weighted by Gasteiger charge is -2.16. The van der Waals surface area contributed by atoms with Crippen LogP contribution in [0.15, 0.2) is 18.2 Å². The average Bonchev–Trinajstić information content (AvgIpc) is 2.48. The van der Waals surface area contributed by atoms with Crippen LogP contribution in [0.25, 0.3) is 0 Å². The van der Waals surface area contributed by atoms with E-state index in [0.717, 1.165) is 11.1 Å². The number of carboxylic acids is 1. The minimum Gasteiger partial charge on any atom is -0.480 e. The van der Waals surface area contributed by atoms with Crippen molar-refractivity contribution in [3.8, 4) is 0 Å². The third kappa shape index (κ3) is 6.68. The Hall–Kier alpha value is -2.57. The van der Waals surface area contributed by atoms with Gasteiger partial charge in [-0.05, 0) is 49.4 Å². The molecule has 1 aromatic carbocycles. The highest BCUT2D eigenvalue weighted by Crippen LogP contribution is 2.13. The molecule has 0 aliphatic rings. The molecular weight excluding hydrogens is 310 g/mol. The number of benzene rings is 1. The predicted octanol–water partition coefficient (Wildman–Crippen LogP) is 2.04. The summed E-state index contributed by atoms with van der Waals surface area (Å²) in [7, 11) is 0. The van der Waals surface area contributed by atoms with E-state index < -0.39 is 23.9 Å². The van der Waals surface area contributed by atoms with Gasteiger partial charge in [0.1, 0.15) is 6.04 Å². The van der Waals surface area contributed by atoms with E-state index in [9.17, 15) is 14.4 Å². The summed E-state index contributed by atoms with van der Waals surface area (Å²) in [6, 6.07) is 4.01. The van der Waals surface area contributed by atoms with E-state index in [2.05, 4.69) is 16.0 Å². The maximum absolute atomic E-state index is 11.8. The van der Waals surface area contributed by atoms with E-state index in [1.165, 1.54) is 0 Å². The lowest BCUT2D eigenvalue weighted by atomic mass is 10.0. The first-order valence-electron chi connectivity index (χ1n) is 7.83. The molecule has 0 fully saturated rings. The van der Waals surface area contributed by atoms with Crippen LogP contribution in [-0.4, -0.2) is 35.6 Å². The Morgan fingerprint density at radius 2 is 1.79 bits per heavy atom. The van der Waals surface area contributed by atoms with Crippen LogP contribution in [0.3, 0.4) is 0 Å². The molecule has 7 heteroatoms. The van der Waals surface area contributed by atoms with Crippen LogP contribution in [0.1, 0.15) is 31.4 Å². The molecule has 132 valence electrons. The Balaban J connectivity index is 2.46. The number of aliphatic carboxylic acids is 1. The largest absolute Gasteiger partial charge is 0.480 e. The highest BCUT2D eigenvalue weighted by atomic mass is 16.4. The quantitative estimate of drug-likeness (QED) is 0.611. The maximum atomic E-state index is 11.8. The topological polar surface area (TPSA) is 108 Å². The van der Waals surface area contributed by atoms with Gasteiger partial charge in [-0.2, -0.15) is 0 Å². The summed E-state index contributed by atoms with van der Waals surface area (Å²) in [4.78, 5) is 34.7. The van der Waals surface area contributed by atoms with E-state index in [0.29, 0.717) is 12.1 Å². The van der Waals surface area contributed by atoms with Gasteiger partial charge in [0.25, 0.3) is 0 Å². The van der Waals surface area contributed by atoms with Crippen molar-refractivity contribution in [1.29, 1.82) is 0 Å². The molecule has 4 N–H and O–H groups in total. The molecule has 3 amide bonds. The fourth-order valence-corrected chi connectivity index (χ4v) is 2.09. The number of nitrogens with one attached hydrogen (secondary N) is 3. The van der Waals surface area contributed by atoms with Gasteiger partial charge >= 0.3 is 12.0 Å². The van der Waals surface area contributed by atoms with Gasteiger partial charge in [0.05, 0.1) is 6.54 Å². The first-order chi connectivity index (χ1) is 11.2. The van der Waals surface area contributed by atoms with Crippen molar-refractivity contribution in [2.24, 2.45) is 5.92 Å². The van der Waals surface area contributed by atoms with Crippen LogP contribution in [0.4, 0.5) is 10.5 Å². The number of carboxylic acid groups (broad SMARTS) is 1. The number of aryl methyl sites for hydroxylation is 2. The van der Waals surface area contributed by atoms with Crippen molar-refractivity contribution in [2.75, 3.05) is 11.9 Å². The Labute approximate surface area is 141 Å². The average molecular weight is 335 g/mol. The van der Waals surface area contributed by atoms with Gasteiger partial charge in [-0.25, -0.2) is 9.59 Å². The third-order valence-electron chi connectivity index (χ3n) is 3.51. The minimum atomic E-state index is -1.09. The zero-order valence-corrected chi connectivity index (χ0v) is 14.5. The number of urea groups is 1. The molecule has 1 unspecified atom stereocenters. The highest BCUT2D eigenvalue weighted by molar-refractivity contribution is 5.93. The van der Waals surface area contributed by atoms with Gasteiger partial charge in [0.15, 0.2) is 0 Å². The molecule has 1 rings (SSSR count). The number of hydrogen-bond donors (Lipinski definition) is 4. The summed E-state index contributed by atoms with van der Waals surface area (Å²) in [5, 5.41) is 16.5. The molecule has 1 atom stereocenters.